The van der Waals surface area contributed by atoms with E-state index in [0.717, 1.165) is 12.8 Å². The van der Waals surface area contributed by atoms with Crippen LogP contribution in [-0.4, -0.2) is 18.2 Å². The van der Waals surface area contributed by atoms with Crippen molar-refractivity contribution in [1.82, 2.24) is 0 Å². The van der Waals surface area contributed by atoms with Gasteiger partial charge in [-0.3, -0.25) is 9.59 Å². The molecule has 3 nitrogen and oxygen atoms in total. The van der Waals surface area contributed by atoms with E-state index in [1.807, 2.05) is 6.92 Å². The van der Waals surface area contributed by atoms with Gasteiger partial charge in [0.2, 0.25) is 5.78 Å². The number of allylic oxidation sites excluding steroid dienone is 2. The quantitative estimate of drug-likeness (QED) is 0.783. The monoisotopic (exact) mass is 264 g/mol. The maximum absolute atomic E-state index is 12.1. The summed E-state index contributed by atoms with van der Waals surface area (Å²) in [7, 11) is 0. The molecular formula is C14H13ClO3. The number of carbonyl (C=O) groups excluding carboxylic acids is 2. The van der Waals surface area contributed by atoms with Crippen molar-refractivity contribution < 1.29 is 14.3 Å². The number of halogens is 1. The molecule has 1 aliphatic rings. The standard InChI is InChI=1S/C14H13ClO3/c1-2-3-7-18-12-8-11(16)9-5-4-6-10(15)13(9)14(12)17/h4-6,8H,2-3,7H2,1H3. The smallest absolute Gasteiger partial charge is 0.229 e. The van der Waals surface area contributed by atoms with Crippen molar-refractivity contribution in [3.63, 3.8) is 0 Å². The second-order valence-corrected chi connectivity index (χ2v) is 4.47. The fraction of sp³-hybridized carbons (Fsp3) is 0.286. The van der Waals surface area contributed by atoms with E-state index < -0.39 is 0 Å². The predicted octanol–water partition coefficient (Wildman–Crippen LogP) is 3.42. The van der Waals surface area contributed by atoms with Gasteiger partial charge in [-0.15, -0.1) is 0 Å². The van der Waals surface area contributed by atoms with E-state index in [1.165, 1.54) is 6.08 Å². The van der Waals surface area contributed by atoms with Crippen LogP contribution in [0.25, 0.3) is 0 Å². The molecule has 0 spiro atoms. The van der Waals surface area contributed by atoms with Gasteiger partial charge in [-0.05, 0) is 12.5 Å². The maximum Gasteiger partial charge on any atom is 0.229 e. The summed E-state index contributed by atoms with van der Waals surface area (Å²) in [5.74, 6) is -0.459. The Labute approximate surface area is 110 Å². The molecule has 0 unspecified atom stereocenters. The molecule has 0 heterocycles. The molecule has 18 heavy (non-hydrogen) atoms. The highest BCUT2D eigenvalue weighted by Crippen LogP contribution is 2.28. The average Bonchev–Trinajstić information content (AvgIpc) is 2.35. The van der Waals surface area contributed by atoms with Crippen LogP contribution in [0.4, 0.5) is 0 Å². The molecule has 0 radical (unpaired) electrons. The third kappa shape index (κ3) is 2.31. The summed E-state index contributed by atoms with van der Waals surface area (Å²) in [5.41, 5.74) is 0.591. The Kier molecular flexibility index (Phi) is 3.82. The van der Waals surface area contributed by atoms with Crippen molar-refractivity contribution in [2.75, 3.05) is 6.61 Å². The zero-order valence-electron chi connectivity index (χ0n) is 10.0. The molecule has 4 heteroatoms. The maximum atomic E-state index is 12.1. The molecule has 2 rings (SSSR count). The van der Waals surface area contributed by atoms with Crippen LogP contribution in [0.15, 0.2) is 30.0 Å². The molecule has 0 saturated heterocycles. The second kappa shape index (κ2) is 5.36. The Bertz CT molecular complexity index is 532. The third-order valence-corrected chi connectivity index (χ3v) is 3.06. The number of ether oxygens (including phenoxy) is 1. The van der Waals surface area contributed by atoms with Gasteiger partial charge in [0.05, 0.1) is 17.2 Å². The van der Waals surface area contributed by atoms with Gasteiger partial charge in [0, 0.05) is 11.6 Å². The zero-order valence-corrected chi connectivity index (χ0v) is 10.8. The molecule has 0 saturated carbocycles. The lowest BCUT2D eigenvalue weighted by atomic mass is 9.93. The lowest BCUT2D eigenvalue weighted by molar-refractivity contribution is 0.0881. The topological polar surface area (TPSA) is 43.4 Å². The minimum absolute atomic E-state index is 0.0917. The van der Waals surface area contributed by atoms with Gasteiger partial charge in [-0.2, -0.15) is 0 Å². The fourth-order valence-electron chi connectivity index (χ4n) is 1.78. The van der Waals surface area contributed by atoms with E-state index in [2.05, 4.69) is 0 Å². The van der Waals surface area contributed by atoms with E-state index in [1.54, 1.807) is 18.2 Å². The largest absolute Gasteiger partial charge is 0.489 e. The minimum Gasteiger partial charge on any atom is -0.489 e. The van der Waals surface area contributed by atoms with Crippen molar-refractivity contribution in [1.29, 1.82) is 0 Å². The van der Waals surface area contributed by atoms with E-state index >= 15 is 0 Å². The minimum atomic E-state index is -0.314. The fourth-order valence-corrected chi connectivity index (χ4v) is 2.04. The summed E-state index contributed by atoms with van der Waals surface area (Å²) >= 11 is 5.97. The molecule has 0 bridgehead atoms. The first-order valence-electron chi connectivity index (χ1n) is 5.87. The van der Waals surface area contributed by atoms with Crippen molar-refractivity contribution in [3.8, 4) is 0 Å². The van der Waals surface area contributed by atoms with Crippen LogP contribution in [0.2, 0.25) is 5.02 Å². The number of hydrogen-bond donors (Lipinski definition) is 0. The van der Waals surface area contributed by atoms with Crippen molar-refractivity contribution >= 4 is 23.2 Å². The summed E-state index contributed by atoms with van der Waals surface area (Å²) in [6, 6.07) is 4.85. The molecule has 0 N–H and O–H groups in total. The Morgan fingerprint density at radius 3 is 2.78 bits per heavy atom. The lowest BCUT2D eigenvalue weighted by Gasteiger charge is -2.16. The summed E-state index contributed by atoms with van der Waals surface area (Å²) in [6.45, 7) is 2.46. The highest BCUT2D eigenvalue weighted by Gasteiger charge is 2.28. The van der Waals surface area contributed by atoms with Crippen LogP contribution in [0.3, 0.4) is 0 Å². The number of rotatable bonds is 4. The van der Waals surface area contributed by atoms with Crippen LogP contribution in [0.1, 0.15) is 40.5 Å². The number of carbonyl (C=O) groups is 2. The first kappa shape index (κ1) is 12.8. The van der Waals surface area contributed by atoms with Crippen LogP contribution in [0, 0.1) is 0 Å². The number of hydrogen-bond acceptors (Lipinski definition) is 3. The Hall–Kier alpha value is -1.61. The van der Waals surface area contributed by atoms with Gasteiger partial charge in [0.1, 0.15) is 0 Å². The van der Waals surface area contributed by atoms with E-state index in [9.17, 15) is 9.59 Å². The summed E-state index contributed by atoms with van der Waals surface area (Å²) < 4.78 is 5.35. The highest BCUT2D eigenvalue weighted by molar-refractivity contribution is 6.37. The van der Waals surface area contributed by atoms with Gasteiger partial charge < -0.3 is 4.74 Å². The molecule has 1 aromatic rings. The van der Waals surface area contributed by atoms with Gasteiger partial charge in [-0.25, -0.2) is 0 Å². The van der Waals surface area contributed by atoms with E-state index in [0.29, 0.717) is 12.2 Å². The zero-order chi connectivity index (χ0) is 13.1. The molecule has 0 fully saturated rings. The number of fused-ring (bicyclic) bond motifs is 1. The van der Waals surface area contributed by atoms with Crippen molar-refractivity contribution in [3.05, 3.63) is 46.2 Å². The van der Waals surface area contributed by atoms with E-state index in [-0.39, 0.29) is 27.9 Å². The molecule has 1 aromatic carbocycles. The molecule has 0 aromatic heterocycles. The predicted molar refractivity (Wildman–Crippen MR) is 69.1 cm³/mol. The van der Waals surface area contributed by atoms with Gasteiger partial charge in [0.25, 0.3) is 0 Å². The molecule has 0 atom stereocenters. The SMILES string of the molecule is CCCCOC1=CC(=O)c2cccc(Cl)c2C1=O. The summed E-state index contributed by atoms with van der Waals surface area (Å²) in [5, 5.41) is 0.288. The van der Waals surface area contributed by atoms with Gasteiger partial charge >= 0.3 is 0 Å². The average molecular weight is 265 g/mol. The Morgan fingerprint density at radius 1 is 1.28 bits per heavy atom. The van der Waals surface area contributed by atoms with Crippen LogP contribution < -0.4 is 0 Å². The van der Waals surface area contributed by atoms with Crippen molar-refractivity contribution in [2.24, 2.45) is 0 Å². The van der Waals surface area contributed by atoms with Crippen LogP contribution in [-0.2, 0) is 4.74 Å². The second-order valence-electron chi connectivity index (χ2n) is 4.07. The number of unbranched alkanes of at least 4 members (excludes halogenated alkanes) is 1. The normalized spacial score (nSPS) is 14.2. The molecule has 94 valence electrons. The lowest BCUT2D eigenvalue weighted by Crippen LogP contribution is -2.19. The first-order chi connectivity index (χ1) is 8.65. The summed E-state index contributed by atoms with van der Waals surface area (Å²) in [6.07, 6.45) is 3.05. The molecular weight excluding hydrogens is 252 g/mol. The number of benzene rings is 1. The highest BCUT2D eigenvalue weighted by atomic mass is 35.5. The van der Waals surface area contributed by atoms with Gasteiger partial charge in [0.15, 0.2) is 11.5 Å². The Morgan fingerprint density at radius 2 is 2.06 bits per heavy atom. The third-order valence-electron chi connectivity index (χ3n) is 2.75. The van der Waals surface area contributed by atoms with Crippen LogP contribution in [0.5, 0.6) is 0 Å². The van der Waals surface area contributed by atoms with Gasteiger partial charge in [-0.1, -0.05) is 37.1 Å². The van der Waals surface area contributed by atoms with E-state index in [4.69, 9.17) is 16.3 Å². The number of ketones is 2. The number of Topliss-reactive ketones (excluding diaryl/α,β-unsaturated/α-hetero) is 1. The Balaban J connectivity index is 2.31. The molecule has 1 aliphatic carbocycles. The molecule has 0 aliphatic heterocycles. The summed E-state index contributed by atoms with van der Waals surface area (Å²) in [4.78, 5) is 24.0. The van der Waals surface area contributed by atoms with Crippen molar-refractivity contribution in [2.45, 2.75) is 19.8 Å². The first-order valence-corrected chi connectivity index (χ1v) is 6.25. The molecule has 0 amide bonds. The van der Waals surface area contributed by atoms with Crippen LogP contribution >= 0.6 is 11.6 Å².